The number of carbonyl (C=O) groups excluding carboxylic acids is 1. The van der Waals surface area contributed by atoms with E-state index in [1.807, 2.05) is 17.9 Å². The van der Waals surface area contributed by atoms with E-state index in [1.165, 1.54) is 17.5 Å². The van der Waals surface area contributed by atoms with Crippen LogP contribution in [0.4, 0.5) is 0 Å². The zero-order valence-electron chi connectivity index (χ0n) is 15.1. The molecule has 25 heavy (non-hydrogen) atoms. The quantitative estimate of drug-likeness (QED) is 0.823. The van der Waals surface area contributed by atoms with Crippen LogP contribution in [0.1, 0.15) is 24.1 Å². The molecule has 0 spiro atoms. The van der Waals surface area contributed by atoms with Gasteiger partial charge < -0.3 is 9.64 Å². The first-order chi connectivity index (χ1) is 12.1. The van der Waals surface area contributed by atoms with E-state index in [4.69, 9.17) is 4.74 Å². The Morgan fingerprint density at radius 3 is 2.68 bits per heavy atom. The Morgan fingerprint density at radius 1 is 1.28 bits per heavy atom. The molecule has 3 rings (SSSR count). The summed E-state index contributed by atoms with van der Waals surface area (Å²) >= 11 is 0. The van der Waals surface area contributed by atoms with Crippen LogP contribution in [-0.4, -0.2) is 63.8 Å². The summed E-state index contributed by atoms with van der Waals surface area (Å²) in [6, 6.07) is 5.93. The van der Waals surface area contributed by atoms with Gasteiger partial charge in [0.15, 0.2) is 0 Å². The summed E-state index contributed by atoms with van der Waals surface area (Å²) in [5.74, 6) is 1.02. The van der Waals surface area contributed by atoms with Crippen LogP contribution in [0.15, 0.2) is 30.9 Å². The lowest BCUT2D eigenvalue weighted by Gasteiger charge is -2.36. The maximum Gasteiger partial charge on any atom is 0.247 e. The number of hydrogen-bond donors (Lipinski definition) is 0. The maximum atomic E-state index is 12.6. The molecule has 0 bridgehead atoms. The standard InChI is InChI=1S/C18H25N5O2/c1-14-4-5-17(25-3)16(10-14)11-21-6-8-22(9-7-21)18(24)15(2)23-13-19-12-20-23/h4-5,10,12-13,15H,6-9,11H2,1-3H3/t15-/m1/s1. The topological polar surface area (TPSA) is 63.5 Å². The van der Waals surface area contributed by atoms with Crippen LogP contribution < -0.4 is 4.74 Å². The van der Waals surface area contributed by atoms with Gasteiger partial charge in [-0.25, -0.2) is 9.67 Å². The third-order valence-electron chi connectivity index (χ3n) is 4.70. The van der Waals surface area contributed by atoms with Crippen LogP contribution in [0.5, 0.6) is 5.75 Å². The lowest BCUT2D eigenvalue weighted by Crippen LogP contribution is -2.50. The van der Waals surface area contributed by atoms with Gasteiger partial charge >= 0.3 is 0 Å². The van der Waals surface area contributed by atoms with Crippen molar-refractivity contribution in [2.75, 3.05) is 33.3 Å². The van der Waals surface area contributed by atoms with E-state index in [-0.39, 0.29) is 11.9 Å². The first-order valence-corrected chi connectivity index (χ1v) is 8.57. The molecular formula is C18H25N5O2. The minimum Gasteiger partial charge on any atom is -0.496 e. The Morgan fingerprint density at radius 2 is 2.04 bits per heavy atom. The number of ether oxygens (including phenoxy) is 1. The highest BCUT2D eigenvalue weighted by atomic mass is 16.5. The lowest BCUT2D eigenvalue weighted by molar-refractivity contribution is -0.136. The summed E-state index contributed by atoms with van der Waals surface area (Å²) in [6.45, 7) is 7.95. The molecule has 1 aliphatic rings. The van der Waals surface area contributed by atoms with Gasteiger partial charge in [0.05, 0.1) is 7.11 Å². The maximum absolute atomic E-state index is 12.6. The predicted octanol–water partition coefficient (Wildman–Crippen LogP) is 1.50. The molecule has 134 valence electrons. The first kappa shape index (κ1) is 17.4. The van der Waals surface area contributed by atoms with Crippen LogP contribution in [0.25, 0.3) is 0 Å². The molecule has 7 heteroatoms. The molecule has 1 fully saturated rings. The van der Waals surface area contributed by atoms with Gasteiger partial charge in [-0.15, -0.1) is 0 Å². The number of aromatic nitrogens is 3. The van der Waals surface area contributed by atoms with Gasteiger partial charge in [-0.05, 0) is 19.9 Å². The average molecular weight is 343 g/mol. The number of hydrogen-bond acceptors (Lipinski definition) is 5. The fourth-order valence-corrected chi connectivity index (χ4v) is 3.19. The van der Waals surface area contributed by atoms with Crippen molar-refractivity contribution in [1.82, 2.24) is 24.6 Å². The molecule has 1 aromatic carbocycles. The number of benzene rings is 1. The Bertz CT molecular complexity index is 708. The fraction of sp³-hybridized carbons (Fsp3) is 0.500. The monoisotopic (exact) mass is 343 g/mol. The minimum absolute atomic E-state index is 0.0956. The first-order valence-electron chi connectivity index (χ1n) is 8.57. The largest absolute Gasteiger partial charge is 0.496 e. The van der Waals surface area contributed by atoms with E-state index in [0.717, 1.165) is 38.5 Å². The predicted molar refractivity (Wildman–Crippen MR) is 94.3 cm³/mol. The zero-order valence-corrected chi connectivity index (χ0v) is 15.1. The third-order valence-corrected chi connectivity index (χ3v) is 4.70. The number of piperazine rings is 1. The van der Waals surface area contributed by atoms with Crippen LogP contribution in [0, 0.1) is 6.92 Å². The SMILES string of the molecule is COc1ccc(C)cc1CN1CCN(C(=O)[C@@H](C)n2cncn2)CC1. The van der Waals surface area contributed by atoms with Crippen LogP contribution in [-0.2, 0) is 11.3 Å². The second-order valence-corrected chi connectivity index (χ2v) is 6.47. The van der Waals surface area contributed by atoms with E-state index >= 15 is 0 Å². The van der Waals surface area contributed by atoms with Crippen molar-refractivity contribution in [3.8, 4) is 5.75 Å². The van der Waals surface area contributed by atoms with E-state index < -0.39 is 0 Å². The van der Waals surface area contributed by atoms with Gasteiger partial charge in [-0.2, -0.15) is 5.10 Å². The summed E-state index contributed by atoms with van der Waals surface area (Å²) in [5, 5.41) is 4.06. The number of carbonyl (C=O) groups is 1. The van der Waals surface area contributed by atoms with Crippen molar-refractivity contribution in [3.05, 3.63) is 42.0 Å². The number of nitrogens with zero attached hydrogens (tertiary/aromatic N) is 5. The van der Waals surface area contributed by atoms with Crippen molar-refractivity contribution in [3.63, 3.8) is 0 Å². The second-order valence-electron chi connectivity index (χ2n) is 6.47. The zero-order chi connectivity index (χ0) is 17.8. The molecule has 0 unspecified atom stereocenters. The van der Waals surface area contributed by atoms with E-state index in [9.17, 15) is 4.79 Å². The highest BCUT2D eigenvalue weighted by Crippen LogP contribution is 2.22. The van der Waals surface area contributed by atoms with Gasteiger partial charge in [0.1, 0.15) is 24.4 Å². The Labute approximate surface area is 148 Å². The van der Waals surface area contributed by atoms with Gasteiger partial charge in [0.2, 0.25) is 5.91 Å². The van der Waals surface area contributed by atoms with Crippen LogP contribution in [0.3, 0.4) is 0 Å². The van der Waals surface area contributed by atoms with Crippen LogP contribution >= 0.6 is 0 Å². The summed E-state index contributed by atoms with van der Waals surface area (Å²) in [6.07, 6.45) is 3.04. The number of aryl methyl sites for hydroxylation is 1. The third kappa shape index (κ3) is 3.99. The number of amides is 1. The average Bonchev–Trinajstić information content (AvgIpc) is 3.16. The van der Waals surface area contributed by atoms with Gasteiger partial charge in [-0.1, -0.05) is 17.7 Å². The Hall–Kier alpha value is -2.41. The molecule has 2 heterocycles. The van der Waals surface area contributed by atoms with Crippen molar-refractivity contribution in [1.29, 1.82) is 0 Å². The molecule has 0 saturated carbocycles. The highest BCUT2D eigenvalue weighted by Gasteiger charge is 2.26. The van der Waals surface area contributed by atoms with Crippen molar-refractivity contribution >= 4 is 5.91 Å². The van der Waals surface area contributed by atoms with Crippen molar-refractivity contribution in [2.24, 2.45) is 0 Å². The summed E-state index contributed by atoms with van der Waals surface area (Å²) in [7, 11) is 1.70. The van der Waals surface area contributed by atoms with Gasteiger partial charge in [0, 0.05) is 38.3 Å². The molecule has 0 N–H and O–H groups in total. The van der Waals surface area contributed by atoms with Crippen molar-refractivity contribution in [2.45, 2.75) is 26.4 Å². The Balaban J connectivity index is 1.57. The van der Waals surface area contributed by atoms with Gasteiger partial charge in [0.25, 0.3) is 0 Å². The molecule has 1 aliphatic heterocycles. The molecular weight excluding hydrogens is 318 g/mol. The van der Waals surface area contributed by atoms with E-state index in [0.29, 0.717) is 0 Å². The number of rotatable bonds is 5. The smallest absolute Gasteiger partial charge is 0.247 e. The second kappa shape index (κ2) is 7.65. The lowest BCUT2D eigenvalue weighted by atomic mass is 10.1. The minimum atomic E-state index is -0.314. The molecule has 0 radical (unpaired) electrons. The van der Waals surface area contributed by atoms with Crippen LogP contribution in [0.2, 0.25) is 0 Å². The molecule has 1 saturated heterocycles. The molecule has 0 aliphatic carbocycles. The summed E-state index contributed by atoms with van der Waals surface area (Å²) < 4.78 is 7.07. The van der Waals surface area contributed by atoms with Crippen molar-refractivity contribution < 1.29 is 9.53 Å². The molecule has 1 aromatic heterocycles. The molecule has 7 nitrogen and oxygen atoms in total. The van der Waals surface area contributed by atoms with E-state index in [2.05, 4.69) is 34.0 Å². The fourth-order valence-electron chi connectivity index (χ4n) is 3.19. The summed E-state index contributed by atoms with van der Waals surface area (Å²) in [4.78, 5) is 20.8. The van der Waals surface area contributed by atoms with E-state index in [1.54, 1.807) is 18.1 Å². The molecule has 1 amide bonds. The van der Waals surface area contributed by atoms with Gasteiger partial charge in [-0.3, -0.25) is 9.69 Å². The molecule has 2 aromatic rings. The summed E-state index contributed by atoms with van der Waals surface area (Å²) in [5.41, 5.74) is 2.42. The highest BCUT2D eigenvalue weighted by molar-refractivity contribution is 5.80. The molecule has 1 atom stereocenters. The number of methoxy groups -OCH3 is 1. The Kier molecular flexibility index (Phi) is 5.33. The normalized spacial score (nSPS) is 16.7.